The first kappa shape index (κ1) is 18.0. The van der Waals surface area contributed by atoms with E-state index in [1.165, 1.54) is 17.8 Å². The van der Waals surface area contributed by atoms with Gasteiger partial charge in [0.1, 0.15) is 0 Å². The zero-order chi connectivity index (χ0) is 17.8. The number of thioether (sulfide) groups is 1. The number of hydrogen-bond donors (Lipinski definition) is 1. The topological polar surface area (TPSA) is 84.7 Å². The van der Waals surface area contributed by atoms with Gasteiger partial charge in [-0.25, -0.2) is 4.98 Å². The van der Waals surface area contributed by atoms with Gasteiger partial charge in [0.2, 0.25) is 11.8 Å². The largest absolute Gasteiger partial charge is 0.420 e. The summed E-state index contributed by atoms with van der Waals surface area (Å²) in [6.07, 6.45) is 1.69. The number of H-pyrrole nitrogens is 1. The SMILES string of the molecule is CCCc1cc(=O)[nH]c(SCc2nnc(-c3ccc(Cl)cc3Cl)o2)n1. The molecular formula is C16H14Cl2N4O2S. The number of nitrogens with one attached hydrogen (secondary N) is 1. The highest BCUT2D eigenvalue weighted by Crippen LogP contribution is 2.30. The van der Waals surface area contributed by atoms with Gasteiger partial charge in [-0.05, 0) is 24.6 Å². The molecule has 0 spiro atoms. The van der Waals surface area contributed by atoms with Crippen LogP contribution in [0.1, 0.15) is 24.9 Å². The fourth-order valence-electron chi connectivity index (χ4n) is 2.15. The Labute approximate surface area is 158 Å². The molecule has 3 rings (SSSR count). The summed E-state index contributed by atoms with van der Waals surface area (Å²) < 4.78 is 5.63. The Morgan fingerprint density at radius 1 is 1.24 bits per heavy atom. The van der Waals surface area contributed by atoms with Crippen LogP contribution in [0, 0.1) is 0 Å². The van der Waals surface area contributed by atoms with Crippen molar-refractivity contribution in [2.75, 3.05) is 0 Å². The molecule has 1 N–H and O–H groups in total. The molecule has 0 aliphatic heterocycles. The Balaban J connectivity index is 1.73. The standard InChI is InChI=1S/C16H14Cl2N4O2S/c1-2-3-10-7-13(23)20-16(19-10)25-8-14-21-22-15(24-14)11-5-4-9(17)6-12(11)18/h4-7H,2-3,8H2,1H3,(H,19,20,23). The van der Waals surface area contributed by atoms with E-state index < -0.39 is 0 Å². The number of halogens is 2. The maximum Gasteiger partial charge on any atom is 0.251 e. The predicted octanol–water partition coefficient (Wildman–Crippen LogP) is 4.37. The number of hydrogen-bond acceptors (Lipinski definition) is 6. The molecule has 0 amide bonds. The molecule has 0 unspecified atom stereocenters. The molecule has 0 fully saturated rings. The van der Waals surface area contributed by atoms with Crippen LogP contribution in [0.5, 0.6) is 0 Å². The van der Waals surface area contributed by atoms with Crippen LogP contribution in [-0.2, 0) is 12.2 Å². The average Bonchev–Trinajstić information content (AvgIpc) is 3.01. The Bertz CT molecular complexity index is 942. The van der Waals surface area contributed by atoms with Crippen LogP contribution in [0.4, 0.5) is 0 Å². The maximum absolute atomic E-state index is 11.7. The van der Waals surface area contributed by atoms with Crippen LogP contribution in [-0.4, -0.2) is 20.2 Å². The summed E-state index contributed by atoms with van der Waals surface area (Å²) in [5.74, 6) is 1.12. The van der Waals surface area contributed by atoms with Crippen LogP contribution < -0.4 is 5.56 Å². The first-order valence-electron chi connectivity index (χ1n) is 7.56. The van der Waals surface area contributed by atoms with Crippen LogP contribution in [0.3, 0.4) is 0 Å². The molecule has 2 heterocycles. The van der Waals surface area contributed by atoms with E-state index in [-0.39, 0.29) is 5.56 Å². The zero-order valence-electron chi connectivity index (χ0n) is 13.3. The van der Waals surface area contributed by atoms with Crippen molar-refractivity contribution in [2.45, 2.75) is 30.7 Å². The second kappa shape index (κ2) is 8.03. The fourth-order valence-corrected chi connectivity index (χ4v) is 3.37. The first-order valence-corrected chi connectivity index (χ1v) is 9.30. The number of nitrogens with zero attached hydrogens (tertiary/aromatic N) is 3. The van der Waals surface area contributed by atoms with Crippen LogP contribution in [0.25, 0.3) is 11.5 Å². The summed E-state index contributed by atoms with van der Waals surface area (Å²) in [5, 5.41) is 9.51. The lowest BCUT2D eigenvalue weighted by Crippen LogP contribution is -2.09. The Morgan fingerprint density at radius 2 is 2.08 bits per heavy atom. The molecule has 2 aromatic heterocycles. The summed E-state index contributed by atoms with van der Waals surface area (Å²) in [5.41, 5.74) is 1.22. The van der Waals surface area contributed by atoms with Gasteiger partial charge < -0.3 is 9.40 Å². The quantitative estimate of drug-likeness (QED) is 0.491. The Morgan fingerprint density at radius 3 is 2.84 bits per heavy atom. The van der Waals surface area contributed by atoms with Gasteiger partial charge in [0.15, 0.2) is 5.16 Å². The number of aryl methyl sites for hydroxylation is 1. The second-order valence-electron chi connectivity index (χ2n) is 5.21. The molecule has 6 nitrogen and oxygen atoms in total. The minimum atomic E-state index is -0.167. The van der Waals surface area contributed by atoms with Crippen molar-refractivity contribution in [3.63, 3.8) is 0 Å². The molecular weight excluding hydrogens is 383 g/mol. The fraction of sp³-hybridized carbons (Fsp3) is 0.250. The van der Waals surface area contributed by atoms with Gasteiger partial charge >= 0.3 is 0 Å². The molecule has 25 heavy (non-hydrogen) atoms. The van der Waals surface area contributed by atoms with E-state index in [4.69, 9.17) is 27.6 Å². The third-order valence-corrected chi connectivity index (χ3v) is 4.65. The normalized spacial score (nSPS) is 11.0. The molecule has 0 aliphatic carbocycles. The lowest BCUT2D eigenvalue weighted by atomic mass is 10.2. The van der Waals surface area contributed by atoms with Crippen LogP contribution in [0.15, 0.2) is 38.6 Å². The zero-order valence-corrected chi connectivity index (χ0v) is 15.6. The molecule has 1 aromatic carbocycles. The lowest BCUT2D eigenvalue weighted by Gasteiger charge is -2.01. The number of benzene rings is 1. The minimum absolute atomic E-state index is 0.167. The van der Waals surface area contributed by atoms with Crippen molar-refractivity contribution < 1.29 is 4.42 Å². The highest BCUT2D eigenvalue weighted by molar-refractivity contribution is 7.98. The molecule has 0 atom stereocenters. The molecule has 9 heteroatoms. The highest BCUT2D eigenvalue weighted by atomic mass is 35.5. The van der Waals surface area contributed by atoms with Gasteiger partial charge in [-0.15, -0.1) is 10.2 Å². The number of rotatable bonds is 6. The van der Waals surface area contributed by atoms with Crippen LogP contribution in [0.2, 0.25) is 10.0 Å². The van der Waals surface area contributed by atoms with E-state index in [2.05, 4.69) is 20.2 Å². The average molecular weight is 397 g/mol. The Hall–Kier alpha value is -1.83. The van der Waals surface area contributed by atoms with E-state index in [0.717, 1.165) is 18.5 Å². The van der Waals surface area contributed by atoms with Gasteiger partial charge in [-0.3, -0.25) is 4.79 Å². The molecule has 0 radical (unpaired) electrons. The van der Waals surface area contributed by atoms with Crippen molar-refractivity contribution >= 4 is 35.0 Å². The molecule has 130 valence electrons. The van der Waals surface area contributed by atoms with Gasteiger partial charge in [0, 0.05) is 16.8 Å². The van der Waals surface area contributed by atoms with E-state index in [1.807, 2.05) is 6.92 Å². The molecule has 0 saturated carbocycles. The summed E-state index contributed by atoms with van der Waals surface area (Å²) in [7, 11) is 0. The Kier molecular flexibility index (Phi) is 5.78. The molecule has 0 aliphatic rings. The van der Waals surface area contributed by atoms with Crippen LogP contribution >= 0.6 is 35.0 Å². The van der Waals surface area contributed by atoms with Crippen molar-refractivity contribution in [2.24, 2.45) is 0 Å². The van der Waals surface area contributed by atoms with Gasteiger partial charge in [-0.1, -0.05) is 48.3 Å². The van der Waals surface area contributed by atoms with Crippen molar-refractivity contribution in [1.82, 2.24) is 20.2 Å². The molecule has 0 bridgehead atoms. The summed E-state index contributed by atoms with van der Waals surface area (Å²) >= 11 is 13.4. The maximum atomic E-state index is 11.7. The van der Waals surface area contributed by atoms with Crippen molar-refractivity contribution in [1.29, 1.82) is 0 Å². The lowest BCUT2D eigenvalue weighted by molar-refractivity contribution is 0.528. The van der Waals surface area contributed by atoms with E-state index >= 15 is 0 Å². The summed E-state index contributed by atoms with van der Waals surface area (Å²) in [6.45, 7) is 2.04. The second-order valence-corrected chi connectivity index (χ2v) is 7.01. The monoisotopic (exact) mass is 396 g/mol. The smallest absolute Gasteiger partial charge is 0.251 e. The molecule has 3 aromatic rings. The van der Waals surface area contributed by atoms with Crippen molar-refractivity contribution in [3.8, 4) is 11.5 Å². The summed E-state index contributed by atoms with van der Waals surface area (Å²) in [6, 6.07) is 6.56. The first-order chi connectivity index (χ1) is 12.0. The number of aromatic amines is 1. The van der Waals surface area contributed by atoms with E-state index in [1.54, 1.807) is 18.2 Å². The predicted molar refractivity (Wildman–Crippen MR) is 98.2 cm³/mol. The number of aromatic nitrogens is 4. The van der Waals surface area contributed by atoms with Gasteiger partial charge in [0.05, 0.1) is 16.3 Å². The van der Waals surface area contributed by atoms with E-state index in [9.17, 15) is 4.79 Å². The highest BCUT2D eigenvalue weighted by Gasteiger charge is 2.13. The summed E-state index contributed by atoms with van der Waals surface area (Å²) in [4.78, 5) is 18.8. The van der Waals surface area contributed by atoms with Gasteiger partial charge in [-0.2, -0.15) is 0 Å². The van der Waals surface area contributed by atoms with Crippen molar-refractivity contribution in [3.05, 3.63) is 56.2 Å². The van der Waals surface area contributed by atoms with Gasteiger partial charge in [0.25, 0.3) is 5.56 Å². The molecule has 0 saturated heterocycles. The third-order valence-electron chi connectivity index (χ3n) is 3.24. The minimum Gasteiger partial charge on any atom is -0.420 e. The third kappa shape index (κ3) is 4.62. The van der Waals surface area contributed by atoms with E-state index in [0.29, 0.717) is 38.3 Å².